The van der Waals surface area contributed by atoms with Gasteiger partial charge >= 0.3 is 18.0 Å². The molecule has 1 aromatic rings. The van der Waals surface area contributed by atoms with Crippen molar-refractivity contribution in [3.63, 3.8) is 0 Å². The van der Waals surface area contributed by atoms with Gasteiger partial charge < -0.3 is 14.4 Å². The number of methoxy groups -OCH3 is 2. The van der Waals surface area contributed by atoms with Crippen molar-refractivity contribution in [2.75, 3.05) is 21.3 Å². The van der Waals surface area contributed by atoms with Gasteiger partial charge in [-0.1, -0.05) is 37.3 Å². The number of imide groups is 1. The van der Waals surface area contributed by atoms with Crippen LogP contribution in [0.4, 0.5) is 4.79 Å². The first-order valence-electron chi connectivity index (χ1n) is 8.56. The van der Waals surface area contributed by atoms with Crippen LogP contribution >= 0.6 is 0 Å². The number of amides is 3. The number of urea groups is 1. The molecule has 0 spiro atoms. The predicted molar refractivity (Wildman–Crippen MR) is 95.3 cm³/mol. The highest BCUT2D eigenvalue weighted by Crippen LogP contribution is 2.36. The SMILES string of the molecule is COC(=O)C(C(=O)OC)[C@@H](C)C(=O)N1C(=O)N(C)[C@@H](C)[C@H]1c1ccccc1. The van der Waals surface area contributed by atoms with Crippen molar-refractivity contribution < 1.29 is 28.7 Å². The fourth-order valence-corrected chi connectivity index (χ4v) is 3.32. The van der Waals surface area contributed by atoms with Crippen molar-refractivity contribution in [1.82, 2.24) is 9.80 Å². The lowest BCUT2D eigenvalue weighted by Crippen LogP contribution is -2.45. The van der Waals surface area contributed by atoms with Gasteiger partial charge in [-0.3, -0.25) is 19.3 Å². The summed E-state index contributed by atoms with van der Waals surface area (Å²) in [7, 11) is 3.86. The monoisotopic (exact) mass is 376 g/mol. The highest BCUT2D eigenvalue weighted by Gasteiger charge is 2.49. The molecule has 0 aromatic heterocycles. The van der Waals surface area contributed by atoms with E-state index < -0.39 is 41.8 Å². The minimum atomic E-state index is -1.45. The zero-order valence-electron chi connectivity index (χ0n) is 16.0. The van der Waals surface area contributed by atoms with E-state index in [-0.39, 0.29) is 6.04 Å². The predicted octanol–water partition coefficient (Wildman–Crippen LogP) is 1.61. The number of carbonyl (C=O) groups is 4. The summed E-state index contributed by atoms with van der Waals surface area (Å²) >= 11 is 0. The van der Waals surface area contributed by atoms with E-state index in [9.17, 15) is 19.2 Å². The molecular formula is C19H24N2O6. The van der Waals surface area contributed by atoms with Gasteiger partial charge in [0.05, 0.1) is 32.2 Å². The highest BCUT2D eigenvalue weighted by atomic mass is 16.5. The number of rotatable bonds is 5. The Balaban J connectivity index is 2.42. The second kappa shape index (κ2) is 8.20. The largest absolute Gasteiger partial charge is 0.468 e. The van der Waals surface area contributed by atoms with Gasteiger partial charge in [0, 0.05) is 7.05 Å². The summed E-state index contributed by atoms with van der Waals surface area (Å²) in [6, 6.07) is 7.86. The van der Waals surface area contributed by atoms with Crippen LogP contribution in [-0.4, -0.2) is 61.0 Å². The van der Waals surface area contributed by atoms with Crippen molar-refractivity contribution in [2.24, 2.45) is 11.8 Å². The maximum absolute atomic E-state index is 13.2. The fraction of sp³-hybridized carbons (Fsp3) is 0.474. The van der Waals surface area contributed by atoms with Crippen LogP contribution in [0, 0.1) is 11.8 Å². The molecule has 1 aliphatic heterocycles. The molecule has 8 heteroatoms. The Labute approximate surface area is 158 Å². The van der Waals surface area contributed by atoms with Crippen molar-refractivity contribution in [2.45, 2.75) is 25.9 Å². The molecule has 3 amide bonds. The molecule has 0 unspecified atom stereocenters. The number of carbonyl (C=O) groups excluding carboxylic acids is 4. The molecule has 0 radical (unpaired) electrons. The molecule has 3 atom stereocenters. The Hall–Kier alpha value is -2.90. The summed E-state index contributed by atoms with van der Waals surface area (Å²) in [5.74, 6) is -4.97. The van der Waals surface area contributed by atoms with E-state index in [2.05, 4.69) is 9.47 Å². The molecule has 0 N–H and O–H groups in total. The lowest BCUT2D eigenvalue weighted by Gasteiger charge is -2.28. The smallest absolute Gasteiger partial charge is 0.327 e. The molecule has 0 saturated carbocycles. The lowest BCUT2D eigenvalue weighted by atomic mass is 9.91. The average molecular weight is 376 g/mol. The number of likely N-dealkylation sites (N-methyl/N-ethyl adjacent to an activating group) is 1. The zero-order chi connectivity index (χ0) is 20.3. The van der Waals surface area contributed by atoms with Crippen LogP contribution in [0.5, 0.6) is 0 Å². The second-order valence-corrected chi connectivity index (χ2v) is 6.51. The highest BCUT2D eigenvalue weighted by molar-refractivity contribution is 6.04. The van der Waals surface area contributed by atoms with E-state index in [0.29, 0.717) is 0 Å². The quantitative estimate of drug-likeness (QED) is 0.573. The summed E-state index contributed by atoms with van der Waals surface area (Å²) < 4.78 is 9.29. The van der Waals surface area contributed by atoms with Crippen LogP contribution in [0.1, 0.15) is 25.5 Å². The standard InChI is InChI=1S/C19H24N2O6/c1-11(14(17(23)26-4)18(24)27-5)16(22)21-15(12(2)20(3)19(21)25)13-9-7-6-8-10-13/h6-12,14-15H,1-5H3/t11-,12+,15+/m1/s1. The third-order valence-corrected chi connectivity index (χ3v) is 5.03. The summed E-state index contributed by atoms with van der Waals surface area (Å²) in [4.78, 5) is 52.6. The molecule has 8 nitrogen and oxygen atoms in total. The van der Waals surface area contributed by atoms with Crippen LogP contribution in [-0.2, 0) is 23.9 Å². The first-order valence-corrected chi connectivity index (χ1v) is 8.56. The maximum Gasteiger partial charge on any atom is 0.327 e. The van der Waals surface area contributed by atoms with Crippen LogP contribution in [0.2, 0.25) is 0 Å². The molecule has 1 aromatic carbocycles. The molecule has 146 valence electrons. The van der Waals surface area contributed by atoms with Gasteiger partial charge in [0.1, 0.15) is 0 Å². The maximum atomic E-state index is 13.2. The second-order valence-electron chi connectivity index (χ2n) is 6.51. The number of hydrogen-bond donors (Lipinski definition) is 0. The fourth-order valence-electron chi connectivity index (χ4n) is 3.32. The van der Waals surface area contributed by atoms with E-state index in [4.69, 9.17) is 0 Å². The van der Waals surface area contributed by atoms with E-state index in [1.807, 2.05) is 37.3 Å². The number of nitrogens with zero attached hydrogens (tertiary/aromatic N) is 2. The van der Waals surface area contributed by atoms with Gasteiger partial charge in [0.2, 0.25) is 5.91 Å². The first kappa shape index (κ1) is 20.4. The van der Waals surface area contributed by atoms with Crippen molar-refractivity contribution >= 4 is 23.9 Å². The van der Waals surface area contributed by atoms with E-state index in [1.165, 1.54) is 11.8 Å². The minimum Gasteiger partial charge on any atom is -0.468 e. The molecule has 1 aliphatic rings. The molecular weight excluding hydrogens is 352 g/mol. The summed E-state index contributed by atoms with van der Waals surface area (Å²) in [5, 5.41) is 0. The minimum absolute atomic E-state index is 0.272. The summed E-state index contributed by atoms with van der Waals surface area (Å²) in [5.41, 5.74) is 0.788. The molecule has 27 heavy (non-hydrogen) atoms. The molecule has 1 heterocycles. The normalized spacial score (nSPS) is 20.6. The third-order valence-electron chi connectivity index (χ3n) is 5.03. The first-order chi connectivity index (χ1) is 12.8. The lowest BCUT2D eigenvalue weighted by molar-refractivity contribution is -0.164. The third kappa shape index (κ3) is 3.65. The molecule has 1 fully saturated rings. The molecule has 2 rings (SSSR count). The summed E-state index contributed by atoms with van der Waals surface area (Å²) in [6.07, 6.45) is 0. The van der Waals surface area contributed by atoms with Crippen LogP contribution in [0.25, 0.3) is 0 Å². The van der Waals surface area contributed by atoms with Gasteiger partial charge in [-0.05, 0) is 12.5 Å². The van der Waals surface area contributed by atoms with Crippen molar-refractivity contribution in [3.8, 4) is 0 Å². The van der Waals surface area contributed by atoms with E-state index in [1.54, 1.807) is 7.05 Å². The molecule has 1 saturated heterocycles. The zero-order valence-corrected chi connectivity index (χ0v) is 16.0. The van der Waals surface area contributed by atoms with Gasteiger partial charge in [0.25, 0.3) is 0 Å². The summed E-state index contributed by atoms with van der Waals surface area (Å²) in [6.45, 7) is 3.25. The topological polar surface area (TPSA) is 93.2 Å². The molecule has 0 bridgehead atoms. The number of benzene rings is 1. The van der Waals surface area contributed by atoms with Crippen molar-refractivity contribution in [3.05, 3.63) is 35.9 Å². The van der Waals surface area contributed by atoms with E-state index in [0.717, 1.165) is 24.7 Å². The molecule has 0 aliphatic carbocycles. The Bertz CT molecular complexity index is 719. The number of ether oxygens (including phenoxy) is 2. The Morgan fingerprint density at radius 1 is 1.04 bits per heavy atom. The van der Waals surface area contributed by atoms with Crippen LogP contribution < -0.4 is 0 Å². The number of hydrogen-bond acceptors (Lipinski definition) is 6. The van der Waals surface area contributed by atoms with Crippen molar-refractivity contribution in [1.29, 1.82) is 0 Å². The van der Waals surface area contributed by atoms with Crippen LogP contribution in [0.15, 0.2) is 30.3 Å². The van der Waals surface area contributed by atoms with Crippen LogP contribution in [0.3, 0.4) is 0 Å². The van der Waals surface area contributed by atoms with Gasteiger partial charge in [-0.25, -0.2) is 4.79 Å². The van der Waals surface area contributed by atoms with Gasteiger partial charge in [-0.15, -0.1) is 0 Å². The van der Waals surface area contributed by atoms with Gasteiger partial charge in [-0.2, -0.15) is 0 Å². The van der Waals surface area contributed by atoms with E-state index >= 15 is 0 Å². The number of esters is 2. The Morgan fingerprint density at radius 3 is 2.04 bits per heavy atom. The van der Waals surface area contributed by atoms with Gasteiger partial charge in [0.15, 0.2) is 5.92 Å². The Kier molecular flexibility index (Phi) is 6.20. The Morgan fingerprint density at radius 2 is 1.56 bits per heavy atom. The average Bonchev–Trinajstić information content (AvgIpc) is 2.91.